The number of rotatable bonds is 4. The molecule has 0 aromatic heterocycles. The lowest BCUT2D eigenvalue weighted by atomic mass is 10.1. The van der Waals surface area contributed by atoms with E-state index in [1.165, 1.54) is 0 Å². The van der Waals surface area contributed by atoms with Crippen LogP contribution in [-0.4, -0.2) is 11.8 Å². The van der Waals surface area contributed by atoms with Gasteiger partial charge in [-0.05, 0) is 25.7 Å². The van der Waals surface area contributed by atoms with Crippen molar-refractivity contribution in [2.45, 2.75) is 32.2 Å². The monoisotopic (exact) mass is 139 g/mol. The van der Waals surface area contributed by atoms with E-state index in [4.69, 9.17) is 12.2 Å². The summed E-state index contributed by atoms with van der Waals surface area (Å²) in [7, 11) is 0. The summed E-state index contributed by atoms with van der Waals surface area (Å²) < 4.78 is 0. The molecule has 56 valence electrons. The third-order valence-electron chi connectivity index (χ3n) is 1.22. The highest BCUT2D eigenvalue weighted by molar-refractivity contribution is 5.94. The summed E-state index contributed by atoms with van der Waals surface area (Å²) >= 11 is 0. The van der Waals surface area contributed by atoms with E-state index >= 15 is 0 Å². The molecule has 0 saturated carbocycles. The van der Waals surface area contributed by atoms with Crippen molar-refractivity contribution in [3.63, 3.8) is 0 Å². The van der Waals surface area contributed by atoms with E-state index in [9.17, 15) is 4.79 Å². The van der Waals surface area contributed by atoms with Crippen LogP contribution in [-0.2, 0) is 4.79 Å². The van der Waals surface area contributed by atoms with Gasteiger partial charge in [0.2, 0.25) is 5.78 Å². The van der Waals surface area contributed by atoms with E-state index in [1.54, 1.807) is 0 Å². The average Bonchev–Trinajstić information content (AvgIpc) is 1.87. The Hall–Kier alpha value is -0.810. The second-order valence-electron chi connectivity index (χ2n) is 2.44. The predicted molar refractivity (Wildman–Crippen MR) is 41.3 cm³/mol. The van der Waals surface area contributed by atoms with Gasteiger partial charge >= 0.3 is 0 Å². The topological polar surface area (TPSA) is 43.1 Å². The van der Waals surface area contributed by atoms with Crippen molar-refractivity contribution in [1.29, 1.82) is 0 Å². The number of hydrogen-bond acceptors (Lipinski definition) is 2. The molecule has 0 rings (SSSR count). The van der Waals surface area contributed by atoms with E-state index in [-0.39, 0.29) is 11.8 Å². The maximum absolute atomic E-state index is 10.5. The molecule has 0 aromatic carbocycles. The van der Waals surface area contributed by atoms with Gasteiger partial charge in [0.25, 0.3) is 0 Å². The van der Waals surface area contributed by atoms with E-state index in [2.05, 4.69) is 5.92 Å². The SMILES string of the molecule is C#CC(=O)CCCC(C)N. The zero-order valence-electron chi connectivity index (χ0n) is 6.26. The zero-order valence-corrected chi connectivity index (χ0v) is 6.26. The van der Waals surface area contributed by atoms with E-state index in [0.717, 1.165) is 12.8 Å². The molecule has 0 aliphatic heterocycles. The summed E-state index contributed by atoms with van der Waals surface area (Å²) in [4.78, 5) is 10.5. The average molecular weight is 139 g/mol. The molecule has 0 spiro atoms. The Morgan fingerprint density at radius 1 is 1.80 bits per heavy atom. The van der Waals surface area contributed by atoms with Gasteiger partial charge in [0.05, 0.1) is 0 Å². The van der Waals surface area contributed by atoms with Crippen molar-refractivity contribution in [2.24, 2.45) is 5.73 Å². The van der Waals surface area contributed by atoms with Crippen LogP contribution in [0.15, 0.2) is 0 Å². The highest BCUT2D eigenvalue weighted by atomic mass is 16.1. The molecule has 2 heteroatoms. The minimum absolute atomic E-state index is 0.124. The van der Waals surface area contributed by atoms with Crippen LogP contribution in [0.1, 0.15) is 26.2 Å². The van der Waals surface area contributed by atoms with Gasteiger partial charge in [-0.15, -0.1) is 6.42 Å². The molecule has 0 bridgehead atoms. The summed E-state index contributed by atoms with van der Waals surface area (Å²) in [5.74, 6) is 1.93. The lowest BCUT2D eigenvalue weighted by Gasteiger charge is -2.00. The summed E-state index contributed by atoms with van der Waals surface area (Å²) in [5.41, 5.74) is 5.46. The van der Waals surface area contributed by atoms with Crippen LogP contribution in [0.3, 0.4) is 0 Å². The number of Topliss-reactive ketones (excluding diaryl/α,β-unsaturated/α-hetero) is 1. The number of carbonyl (C=O) groups is 1. The standard InChI is InChI=1S/C8H13NO/c1-3-8(10)6-4-5-7(2)9/h1,7H,4-6,9H2,2H3. The first kappa shape index (κ1) is 9.19. The highest BCUT2D eigenvalue weighted by Gasteiger charge is 1.97. The van der Waals surface area contributed by atoms with Gasteiger partial charge in [-0.2, -0.15) is 0 Å². The molecular formula is C8H13NO. The van der Waals surface area contributed by atoms with Gasteiger partial charge in [0.15, 0.2) is 0 Å². The molecule has 0 radical (unpaired) electrons. The molecule has 0 aliphatic rings. The number of ketones is 1. The van der Waals surface area contributed by atoms with Crippen LogP contribution >= 0.6 is 0 Å². The fourth-order valence-corrected chi connectivity index (χ4v) is 0.657. The molecule has 0 saturated heterocycles. The lowest BCUT2D eigenvalue weighted by Crippen LogP contribution is -2.14. The Balaban J connectivity index is 3.22. The Morgan fingerprint density at radius 2 is 2.40 bits per heavy atom. The van der Waals surface area contributed by atoms with Crippen molar-refractivity contribution < 1.29 is 4.79 Å². The van der Waals surface area contributed by atoms with E-state index < -0.39 is 0 Å². The Morgan fingerprint density at radius 3 is 2.80 bits per heavy atom. The van der Waals surface area contributed by atoms with Crippen molar-refractivity contribution in [2.75, 3.05) is 0 Å². The van der Waals surface area contributed by atoms with Crippen LogP contribution in [0.4, 0.5) is 0 Å². The second-order valence-corrected chi connectivity index (χ2v) is 2.44. The Kier molecular flexibility index (Phi) is 4.61. The Labute approximate surface area is 61.8 Å². The molecule has 2 nitrogen and oxygen atoms in total. The molecule has 10 heavy (non-hydrogen) atoms. The van der Waals surface area contributed by atoms with Crippen molar-refractivity contribution >= 4 is 5.78 Å². The van der Waals surface area contributed by atoms with Crippen molar-refractivity contribution in [3.05, 3.63) is 0 Å². The van der Waals surface area contributed by atoms with Crippen LogP contribution in [0.25, 0.3) is 0 Å². The number of nitrogens with two attached hydrogens (primary N) is 1. The molecule has 0 fully saturated rings. The quantitative estimate of drug-likeness (QED) is 0.460. The third-order valence-corrected chi connectivity index (χ3v) is 1.22. The van der Waals surface area contributed by atoms with E-state index in [1.807, 2.05) is 6.92 Å². The van der Waals surface area contributed by atoms with E-state index in [0.29, 0.717) is 6.42 Å². The van der Waals surface area contributed by atoms with Crippen LogP contribution in [0, 0.1) is 12.3 Å². The first-order valence-electron chi connectivity index (χ1n) is 3.42. The maximum Gasteiger partial charge on any atom is 0.205 e. The number of terminal acetylenes is 1. The van der Waals surface area contributed by atoms with Crippen molar-refractivity contribution in [1.82, 2.24) is 0 Å². The van der Waals surface area contributed by atoms with Crippen LogP contribution in [0.2, 0.25) is 0 Å². The van der Waals surface area contributed by atoms with Gasteiger partial charge in [0, 0.05) is 12.5 Å². The fourth-order valence-electron chi connectivity index (χ4n) is 0.657. The normalized spacial score (nSPS) is 12.1. The minimum Gasteiger partial charge on any atom is -0.328 e. The summed E-state index contributed by atoms with van der Waals surface area (Å²) in [6, 6.07) is 0.172. The molecule has 2 N–H and O–H groups in total. The minimum atomic E-state index is -0.124. The van der Waals surface area contributed by atoms with Gasteiger partial charge in [-0.25, -0.2) is 0 Å². The summed E-state index contributed by atoms with van der Waals surface area (Å²) in [6.45, 7) is 1.92. The summed E-state index contributed by atoms with van der Waals surface area (Å²) in [5, 5.41) is 0. The van der Waals surface area contributed by atoms with Gasteiger partial charge in [-0.3, -0.25) is 4.79 Å². The largest absolute Gasteiger partial charge is 0.328 e. The number of carbonyl (C=O) groups excluding carboxylic acids is 1. The number of hydrogen-bond donors (Lipinski definition) is 1. The summed E-state index contributed by atoms with van der Waals surface area (Å²) in [6.07, 6.45) is 7.00. The first-order chi connectivity index (χ1) is 4.66. The van der Waals surface area contributed by atoms with Gasteiger partial charge < -0.3 is 5.73 Å². The molecule has 0 heterocycles. The van der Waals surface area contributed by atoms with Crippen molar-refractivity contribution in [3.8, 4) is 12.3 Å². The molecule has 0 amide bonds. The Bertz CT molecular complexity index is 144. The molecule has 0 aromatic rings. The predicted octanol–water partition coefficient (Wildman–Crippen LogP) is 0.706. The zero-order chi connectivity index (χ0) is 7.98. The second kappa shape index (κ2) is 5.01. The molecule has 0 aliphatic carbocycles. The third kappa shape index (κ3) is 5.33. The molecular weight excluding hydrogens is 126 g/mol. The molecule has 1 atom stereocenters. The first-order valence-corrected chi connectivity index (χ1v) is 3.42. The van der Waals surface area contributed by atoms with Gasteiger partial charge in [-0.1, -0.05) is 0 Å². The maximum atomic E-state index is 10.5. The molecule has 1 unspecified atom stereocenters. The van der Waals surface area contributed by atoms with Crippen LogP contribution < -0.4 is 5.73 Å². The van der Waals surface area contributed by atoms with Crippen LogP contribution in [0.5, 0.6) is 0 Å². The smallest absolute Gasteiger partial charge is 0.205 e. The lowest BCUT2D eigenvalue weighted by molar-refractivity contribution is -0.113. The fraction of sp³-hybridized carbons (Fsp3) is 0.625. The highest BCUT2D eigenvalue weighted by Crippen LogP contribution is 1.98. The van der Waals surface area contributed by atoms with Gasteiger partial charge in [0.1, 0.15) is 0 Å².